The van der Waals surface area contributed by atoms with E-state index in [4.69, 9.17) is 5.11 Å². The molecule has 0 unspecified atom stereocenters. The summed E-state index contributed by atoms with van der Waals surface area (Å²) in [4.78, 5) is 29.4. The molecule has 1 heterocycles. The first-order chi connectivity index (χ1) is 13.2. The molecule has 3 aromatic rings. The number of fused-ring (bicyclic) bond motifs is 1. The van der Waals surface area contributed by atoms with Crippen molar-refractivity contribution in [3.8, 4) is 0 Å². The zero-order chi connectivity index (χ0) is 20.4. The van der Waals surface area contributed by atoms with Gasteiger partial charge in [0.1, 0.15) is 18.2 Å². The highest BCUT2D eigenvalue weighted by atomic mass is 19.1. The number of aliphatic carboxylic acids is 1. The highest BCUT2D eigenvalue weighted by molar-refractivity contribution is 5.98. The second kappa shape index (κ2) is 7.75. The first-order valence-electron chi connectivity index (χ1n) is 8.67. The summed E-state index contributed by atoms with van der Waals surface area (Å²) in [6.07, 6.45) is 1.67. The van der Waals surface area contributed by atoms with E-state index in [0.717, 1.165) is 22.5 Å². The van der Waals surface area contributed by atoms with Gasteiger partial charge in [-0.3, -0.25) is 9.59 Å². The summed E-state index contributed by atoms with van der Waals surface area (Å²) < 4.78 is 28.8. The minimum Gasteiger partial charge on any atom is -0.480 e. The van der Waals surface area contributed by atoms with Crippen molar-refractivity contribution >= 4 is 22.9 Å². The van der Waals surface area contributed by atoms with Crippen LogP contribution in [-0.2, 0) is 11.3 Å². The average molecular weight is 387 g/mol. The van der Waals surface area contributed by atoms with E-state index < -0.39 is 30.1 Å². The number of imidazole rings is 1. The SMILES string of the molecule is CC(C)n1cnc2cc(C(=O)N(CC(=O)O)Cc3cc(F)cc(F)c3)ccc21. The molecule has 0 fully saturated rings. The van der Waals surface area contributed by atoms with E-state index in [1.807, 2.05) is 18.4 Å². The van der Waals surface area contributed by atoms with Crippen LogP contribution < -0.4 is 0 Å². The van der Waals surface area contributed by atoms with Crippen LogP contribution in [0.25, 0.3) is 11.0 Å². The molecule has 146 valence electrons. The van der Waals surface area contributed by atoms with Gasteiger partial charge in [-0.05, 0) is 49.7 Å². The Labute approximate surface area is 160 Å². The number of amides is 1. The molecule has 0 spiro atoms. The maximum Gasteiger partial charge on any atom is 0.323 e. The Balaban J connectivity index is 1.92. The Morgan fingerprint density at radius 1 is 1.14 bits per heavy atom. The summed E-state index contributed by atoms with van der Waals surface area (Å²) >= 11 is 0. The van der Waals surface area contributed by atoms with Gasteiger partial charge < -0.3 is 14.6 Å². The maximum atomic E-state index is 13.4. The van der Waals surface area contributed by atoms with E-state index >= 15 is 0 Å². The van der Waals surface area contributed by atoms with Gasteiger partial charge in [0.25, 0.3) is 5.91 Å². The van der Waals surface area contributed by atoms with Crippen LogP contribution in [0.3, 0.4) is 0 Å². The highest BCUT2D eigenvalue weighted by Crippen LogP contribution is 2.20. The van der Waals surface area contributed by atoms with E-state index in [0.29, 0.717) is 11.6 Å². The topological polar surface area (TPSA) is 75.4 Å². The molecule has 0 bridgehead atoms. The van der Waals surface area contributed by atoms with Crippen LogP contribution in [0, 0.1) is 11.6 Å². The van der Waals surface area contributed by atoms with Crippen LogP contribution in [0.4, 0.5) is 8.78 Å². The van der Waals surface area contributed by atoms with Crippen LogP contribution in [0.2, 0.25) is 0 Å². The van der Waals surface area contributed by atoms with Crippen molar-refractivity contribution in [2.24, 2.45) is 0 Å². The highest BCUT2D eigenvalue weighted by Gasteiger charge is 2.20. The largest absolute Gasteiger partial charge is 0.480 e. The van der Waals surface area contributed by atoms with Crippen LogP contribution in [0.15, 0.2) is 42.7 Å². The maximum absolute atomic E-state index is 13.4. The normalized spacial score (nSPS) is 11.2. The van der Waals surface area contributed by atoms with Crippen LogP contribution in [0.5, 0.6) is 0 Å². The third-order valence-electron chi connectivity index (χ3n) is 4.29. The molecule has 2 aromatic carbocycles. The number of halogens is 2. The van der Waals surface area contributed by atoms with Gasteiger partial charge in [0.2, 0.25) is 0 Å². The van der Waals surface area contributed by atoms with Crippen molar-refractivity contribution in [2.45, 2.75) is 26.4 Å². The van der Waals surface area contributed by atoms with Crippen molar-refractivity contribution in [2.75, 3.05) is 6.54 Å². The number of carboxylic acids is 1. The first kappa shape index (κ1) is 19.5. The lowest BCUT2D eigenvalue weighted by Crippen LogP contribution is -2.35. The molecule has 0 aliphatic rings. The number of carboxylic acid groups (broad SMARTS) is 1. The van der Waals surface area contributed by atoms with Gasteiger partial charge in [0.05, 0.1) is 17.4 Å². The third kappa shape index (κ3) is 4.16. The minimum atomic E-state index is -1.23. The van der Waals surface area contributed by atoms with E-state index in [1.165, 1.54) is 0 Å². The van der Waals surface area contributed by atoms with Gasteiger partial charge in [-0.2, -0.15) is 0 Å². The molecule has 0 aliphatic carbocycles. The molecule has 28 heavy (non-hydrogen) atoms. The smallest absolute Gasteiger partial charge is 0.323 e. The van der Waals surface area contributed by atoms with E-state index in [1.54, 1.807) is 24.5 Å². The molecule has 0 radical (unpaired) electrons. The van der Waals surface area contributed by atoms with Crippen molar-refractivity contribution in [3.63, 3.8) is 0 Å². The van der Waals surface area contributed by atoms with Gasteiger partial charge in [-0.1, -0.05) is 0 Å². The Hall–Kier alpha value is -3.29. The number of aromatic nitrogens is 2. The lowest BCUT2D eigenvalue weighted by atomic mass is 10.1. The third-order valence-corrected chi connectivity index (χ3v) is 4.29. The summed E-state index contributed by atoms with van der Waals surface area (Å²) in [6, 6.07) is 7.96. The fourth-order valence-electron chi connectivity index (χ4n) is 3.04. The molecule has 1 amide bonds. The predicted octanol–water partition coefficient (Wildman–Crippen LogP) is 3.62. The molecule has 1 aromatic heterocycles. The summed E-state index contributed by atoms with van der Waals surface area (Å²) in [5.41, 5.74) is 1.87. The van der Waals surface area contributed by atoms with Crippen molar-refractivity contribution in [1.29, 1.82) is 0 Å². The molecule has 0 aliphatic heterocycles. The minimum absolute atomic E-state index is 0.164. The molecule has 8 heteroatoms. The zero-order valence-electron chi connectivity index (χ0n) is 15.4. The Morgan fingerprint density at radius 3 is 2.43 bits per heavy atom. The summed E-state index contributed by atoms with van der Waals surface area (Å²) in [6.45, 7) is 3.17. The quantitative estimate of drug-likeness (QED) is 0.701. The van der Waals surface area contributed by atoms with Gasteiger partial charge in [-0.15, -0.1) is 0 Å². The standard InChI is InChI=1S/C20H19F2N3O3/c1-12(2)25-11-23-17-7-14(3-4-18(17)25)20(28)24(10-19(26)27)9-13-5-15(21)8-16(22)6-13/h3-8,11-12H,9-10H2,1-2H3,(H,26,27). The summed E-state index contributed by atoms with van der Waals surface area (Å²) in [7, 11) is 0. The number of rotatable bonds is 6. The monoisotopic (exact) mass is 387 g/mol. The number of carbonyl (C=O) groups is 2. The predicted molar refractivity (Wildman–Crippen MR) is 98.9 cm³/mol. The molecule has 0 saturated carbocycles. The zero-order valence-corrected chi connectivity index (χ0v) is 15.4. The van der Waals surface area contributed by atoms with E-state index in [2.05, 4.69) is 4.98 Å². The number of carbonyl (C=O) groups excluding carboxylic acids is 1. The fourth-order valence-corrected chi connectivity index (χ4v) is 3.04. The average Bonchev–Trinajstić information content (AvgIpc) is 3.02. The Bertz CT molecular complexity index is 1030. The lowest BCUT2D eigenvalue weighted by molar-refractivity contribution is -0.137. The molecule has 3 rings (SSSR count). The van der Waals surface area contributed by atoms with Gasteiger partial charge in [-0.25, -0.2) is 13.8 Å². The number of hydrogen-bond donors (Lipinski definition) is 1. The summed E-state index contributed by atoms with van der Waals surface area (Å²) in [5.74, 6) is -3.37. The van der Waals surface area contributed by atoms with Gasteiger partial charge in [0.15, 0.2) is 0 Å². The second-order valence-corrected chi connectivity index (χ2v) is 6.78. The molecular formula is C20H19F2N3O3. The number of benzene rings is 2. The molecule has 6 nitrogen and oxygen atoms in total. The van der Waals surface area contributed by atoms with Gasteiger partial charge in [0, 0.05) is 24.2 Å². The fraction of sp³-hybridized carbons (Fsp3) is 0.250. The van der Waals surface area contributed by atoms with Crippen molar-refractivity contribution in [3.05, 3.63) is 65.5 Å². The Kier molecular flexibility index (Phi) is 5.39. The summed E-state index contributed by atoms with van der Waals surface area (Å²) in [5, 5.41) is 9.15. The van der Waals surface area contributed by atoms with Crippen LogP contribution >= 0.6 is 0 Å². The Morgan fingerprint density at radius 2 is 1.82 bits per heavy atom. The number of hydrogen-bond acceptors (Lipinski definition) is 3. The molecule has 1 N–H and O–H groups in total. The molecule has 0 saturated heterocycles. The van der Waals surface area contributed by atoms with E-state index in [9.17, 15) is 18.4 Å². The molecule has 0 atom stereocenters. The van der Waals surface area contributed by atoms with Gasteiger partial charge >= 0.3 is 5.97 Å². The van der Waals surface area contributed by atoms with E-state index in [-0.39, 0.29) is 23.7 Å². The van der Waals surface area contributed by atoms with Crippen LogP contribution in [-0.4, -0.2) is 38.0 Å². The van der Waals surface area contributed by atoms with Crippen molar-refractivity contribution < 1.29 is 23.5 Å². The first-order valence-corrected chi connectivity index (χ1v) is 8.67. The van der Waals surface area contributed by atoms with Crippen molar-refractivity contribution in [1.82, 2.24) is 14.5 Å². The second-order valence-electron chi connectivity index (χ2n) is 6.78. The molecular weight excluding hydrogens is 368 g/mol. The van der Waals surface area contributed by atoms with Crippen LogP contribution in [0.1, 0.15) is 35.8 Å². The lowest BCUT2D eigenvalue weighted by Gasteiger charge is -2.21. The number of nitrogens with zero attached hydrogens (tertiary/aromatic N) is 3.